The quantitative estimate of drug-likeness (QED) is 0.919. The molecule has 0 bridgehead atoms. The Morgan fingerprint density at radius 1 is 1.04 bits per heavy atom. The SMILES string of the molecule is CC1C(=O)N(C)[C@@H](Cc2ccc(OCc3ccccc3)cc2)C1O. The molecule has 0 saturated carbocycles. The van der Waals surface area contributed by atoms with E-state index in [1.807, 2.05) is 54.6 Å². The average Bonchev–Trinajstić information content (AvgIpc) is 2.80. The smallest absolute Gasteiger partial charge is 0.228 e. The van der Waals surface area contributed by atoms with Gasteiger partial charge in [-0.1, -0.05) is 49.4 Å². The van der Waals surface area contributed by atoms with Crippen molar-refractivity contribution in [3.05, 3.63) is 65.7 Å². The summed E-state index contributed by atoms with van der Waals surface area (Å²) in [4.78, 5) is 13.6. The molecular formula is C20H23NO3. The van der Waals surface area contributed by atoms with Crippen LogP contribution in [0.4, 0.5) is 0 Å². The van der Waals surface area contributed by atoms with Crippen molar-refractivity contribution in [3.8, 4) is 5.75 Å². The molecule has 1 aliphatic rings. The standard InChI is InChI=1S/C20H23NO3/c1-14-19(22)18(21(2)20(14)23)12-15-8-10-17(11-9-15)24-13-16-6-4-3-5-7-16/h3-11,14,18-19,22H,12-13H2,1-2H3/t14?,18-,19?/m0/s1. The average molecular weight is 325 g/mol. The van der Waals surface area contributed by atoms with E-state index >= 15 is 0 Å². The van der Waals surface area contributed by atoms with Crippen molar-refractivity contribution >= 4 is 5.91 Å². The molecule has 1 heterocycles. The minimum Gasteiger partial charge on any atom is -0.489 e. The normalized spacial score (nSPS) is 23.5. The van der Waals surface area contributed by atoms with Crippen molar-refractivity contribution < 1.29 is 14.6 Å². The van der Waals surface area contributed by atoms with E-state index in [1.165, 1.54) is 0 Å². The minimum absolute atomic E-state index is 0.00955. The maximum absolute atomic E-state index is 11.9. The van der Waals surface area contributed by atoms with Gasteiger partial charge >= 0.3 is 0 Å². The van der Waals surface area contributed by atoms with Gasteiger partial charge < -0.3 is 14.7 Å². The van der Waals surface area contributed by atoms with E-state index in [0.717, 1.165) is 16.9 Å². The number of aliphatic hydroxyl groups excluding tert-OH is 1. The highest BCUT2D eigenvalue weighted by Gasteiger charge is 2.42. The zero-order chi connectivity index (χ0) is 17.1. The molecule has 0 radical (unpaired) electrons. The molecule has 4 heteroatoms. The number of likely N-dealkylation sites (tertiary alicyclic amines) is 1. The van der Waals surface area contributed by atoms with Crippen LogP contribution in [-0.4, -0.2) is 35.1 Å². The van der Waals surface area contributed by atoms with E-state index in [1.54, 1.807) is 18.9 Å². The predicted molar refractivity (Wildman–Crippen MR) is 92.6 cm³/mol. The molecule has 2 unspecified atom stereocenters. The second-order valence-corrected chi connectivity index (χ2v) is 6.42. The number of benzene rings is 2. The van der Waals surface area contributed by atoms with Gasteiger partial charge in [0.05, 0.1) is 18.1 Å². The molecule has 0 spiro atoms. The number of nitrogens with zero attached hydrogens (tertiary/aromatic N) is 1. The summed E-state index contributed by atoms with van der Waals surface area (Å²) in [6.45, 7) is 2.32. The van der Waals surface area contributed by atoms with Crippen LogP contribution < -0.4 is 4.74 Å². The van der Waals surface area contributed by atoms with Gasteiger partial charge in [0.25, 0.3) is 0 Å². The molecule has 4 nitrogen and oxygen atoms in total. The van der Waals surface area contributed by atoms with Gasteiger partial charge in [-0.05, 0) is 29.7 Å². The molecule has 3 atom stereocenters. The fourth-order valence-corrected chi connectivity index (χ4v) is 3.15. The van der Waals surface area contributed by atoms with Crippen molar-refractivity contribution in [2.24, 2.45) is 5.92 Å². The van der Waals surface area contributed by atoms with E-state index in [9.17, 15) is 9.90 Å². The van der Waals surface area contributed by atoms with Crippen molar-refractivity contribution in [1.82, 2.24) is 4.90 Å². The van der Waals surface area contributed by atoms with E-state index in [2.05, 4.69) is 0 Å². The van der Waals surface area contributed by atoms with Crippen molar-refractivity contribution in [2.75, 3.05) is 7.05 Å². The lowest BCUT2D eigenvalue weighted by molar-refractivity contribution is -0.130. The molecule has 1 N–H and O–H groups in total. The van der Waals surface area contributed by atoms with Crippen LogP contribution in [0.5, 0.6) is 5.75 Å². The number of carbonyl (C=O) groups excluding carboxylic acids is 1. The Labute approximate surface area is 142 Å². The minimum atomic E-state index is -0.614. The number of rotatable bonds is 5. The zero-order valence-corrected chi connectivity index (χ0v) is 14.1. The van der Waals surface area contributed by atoms with Gasteiger partial charge in [-0.25, -0.2) is 0 Å². The molecule has 3 rings (SSSR count). The fraction of sp³-hybridized carbons (Fsp3) is 0.350. The summed E-state index contributed by atoms with van der Waals surface area (Å²) in [6.07, 6.45) is 0.0312. The summed E-state index contributed by atoms with van der Waals surface area (Å²) < 4.78 is 5.78. The van der Waals surface area contributed by atoms with E-state index in [-0.39, 0.29) is 17.9 Å². The molecule has 2 aromatic carbocycles. The third-order valence-electron chi connectivity index (χ3n) is 4.76. The van der Waals surface area contributed by atoms with Crippen LogP contribution in [0.1, 0.15) is 18.1 Å². The van der Waals surface area contributed by atoms with Crippen LogP contribution in [0.15, 0.2) is 54.6 Å². The third kappa shape index (κ3) is 3.44. The number of carbonyl (C=O) groups is 1. The molecule has 2 aromatic rings. The molecule has 126 valence electrons. The number of hydrogen-bond donors (Lipinski definition) is 1. The second kappa shape index (κ2) is 7.05. The van der Waals surface area contributed by atoms with Gasteiger partial charge in [0.1, 0.15) is 12.4 Å². The van der Waals surface area contributed by atoms with Gasteiger partial charge in [0, 0.05) is 7.05 Å². The molecule has 1 fully saturated rings. The summed E-state index contributed by atoms with van der Waals surface area (Å²) in [7, 11) is 1.76. The van der Waals surface area contributed by atoms with Crippen molar-refractivity contribution in [2.45, 2.75) is 32.1 Å². The monoisotopic (exact) mass is 325 g/mol. The van der Waals surface area contributed by atoms with Crippen LogP contribution in [0.25, 0.3) is 0 Å². The molecule has 0 aliphatic carbocycles. The van der Waals surface area contributed by atoms with Gasteiger partial charge in [-0.15, -0.1) is 0 Å². The van der Waals surface area contributed by atoms with Crippen LogP contribution in [0.2, 0.25) is 0 Å². The Bertz CT molecular complexity index is 684. The van der Waals surface area contributed by atoms with Crippen LogP contribution in [0.3, 0.4) is 0 Å². The van der Waals surface area contributed by atoms with Crippen LogP contribution in [0, 0.1) is 5.92 Å². The molecule has 1 aliphatic heterocycles. The van der Waals surface area contributed by atoms with Gasteiger partial charge in [0.2, 0.25) is 5.91 Å². The number of aliphatic hydroxyl groups is 1. The highest BCUT2D eigenvalue weighted by atomic mass is 16.5. The van der Waals surface area contributed by atoms with E-state index in [4.69, 9.17) is 4.74 Å². The Morgan fingerprint density at radius 3 is 2.29 bits per heavy atom. The van der Waals surface area contributed by atoms with Crippen molar-refractivity contribution in [3.63, 3.8) is 0 Å². The molecular weight excluding hydrogens is 302 g/mol. The maximum Gasteiger partial charge on any atom is 0.228 e. The highest BCUT2D eigenvalue weighted by Crippen LogP contribution is 2.26. The lowest BCUT2D eigenvalue weighted by Gasteiger charge is -2.22. The summed E-state index contributed by atoms with van der Waals surface area (Å²) >= 11 is 0. The van der Waals surface area contributed by atoms with E-state index < -0.39 is 6.10 Å². The number of hydrogen-bond acceptors (Lipinski definition) is 3. The second-order valence-electron chi connectivity index (χ2n) is 6.42. The first kappa shape index (κ1) is 16.5. The van der Waals surface area contributed by atoms with Gasteiger partial charge in [-0.2, -0.15) is 0 Å². The van der Waals surface area contributed by atoms with Crippen molar-refractivity contribution in [1.29, 1.82) is 0 Å². The Kier molecular flexibility index (Phi) is 4.86. The largest absolute Gasteiger partial charge is 0.489 e. The first-order valence-corrected chi connectivity index (χ1v) is 8.26. The molecule has 0 aromatic heterocycles. The third-order valence-corrected chi connectivity index (χ3v) is 4.76. The van der Waals surface area contributed by atoms with Gasteiger partial charge in [-0.3, -0.25) is 4.79 Å². The maximum atomic E-state index is 11.9. The zero-order valence-electron chi connectivity index (χ0n) is 14.1. The van der Waals surface area contributed by atoms with Crippen LogP contribution in [-0.2, 0) is 17.8 Å². The number of amides is 1. The summed E-state index contributed by atoms with van der Waals surface area (Å²) in [5.74, 6) is 0.496. The number of likely N-dealkylation sites (N-methyl/N-ethyl adjacent to an activating group) is 1. The molecule has 24 heavy (non-hydrogen) atoms. The van der Waals surface area contributed by atoms with E-state index in [0.29, 0.717) is 13.0 Å². The summed E-state index contributed by atoms with van der Waals surface area (Å²) in [5.41, 5.74) is 2.21. The number of ether oxygens (including phenoxy) is 1. The fourth-order valence-electron chi connectivity index (χ4n) is 3.15. The molecule has 1 amide bonds. The lowest BCUT2D eigenvalue weighted by atomic mass is 9.98. The lowest BCUT2D eigenvalue weighted by Crippen LogP contribution is -2.35. The molecule has 1 saturated heterocycles. The first-order valence-electron chi connectivity index (χ1n) is 8.26. The first-order chi connectivity index (χ1) is 11.6. The predicted octanol–water partition coefficient (Wildman–Crippen LogP) is 2.65. The topological polar surface area (TPSA) is 49.8 Å². The van der Waals surface area contributed by atoms with Crippen LogP contribution >= 0.6 is 0 Å². The summed E-state index contributed by atoms with van der Waals surface area (Å²) in [5, 5.41) is 10.2. The summed E-state index contributed by atoms with van der Waals surface area (Å²) in [6, 6.07) is 17.7. The Hall–Kier alpha value is -2.33. The highest BCUT2D eigenvalue weighted by molar-refractivity contribution is 5.81. The Balaban J connectivity index is 1.60. The van der Waals surface area contributed by atoms with Gasteiger partial charge in [0.15, 0.2) is 0 Å². The Morgan fingerprint density at radius 2 is 1.71 bits per heavy atom.